The van der Waals surface area contributed by atoms with Crippen LogP contribution in [0.4, 0.5) is 5.82 Å². The molecule has 0 unspecified atom stereocenters. The zero-order chi connectivity index (χ0) is 17.4. The van der Waals surface area contributed by atoms with Crippen LogP contribution in [-0.4, -0.2) is 25.5 Å². The van der Waals surface area contributed by atoms with Crippen molar-refractivity contribution in [1.29, 1.82) is 0 Å². The third kappa shape index (κ3) is 2.88. The van der Waals surface area contributed by atoms with Crippen molar-refractivity contribution in [3.63, 3.8) is 0 Å². The lowest BCUT2D eigenvalue weighted by Gasteiger charge is -2.07. The molecule has 0 aliphatic carbocycles. The number of aryl methyl sites for hydroxylation is 1. The molecule has 0 spiro atoms. The molecular formula is C17H12ClN5OS. The maximum atomic E-state index is 12.3. The van der Waals surface area contributed by atoms with Gasteiger partial charge in [0, 0.05) is 10.9 Å². The number of benzene rings is 1. The number of rotatable bonds is 3. The summed E-state index contributed by atoms with van der Waals surface area (Å²) in [5.41, 5.74) is 4.80. The number of carbonyl (C=O) groups excluding carboxylic acids is 1. The summed E-state index contributed by atoms with van der Waals surface area (Å²) in [7, 11) is 0. The highest BCUT2D eigenvalue weighted by molar-refractivity contribution is 7.07. The Bertz CT molecular complexity index is 1070. The molecule has 0 radical (unpaired) electrons. The largest absolute Gasteiger partial charge is 0.304 e. The van der Waals surface area contributed by atoms with E-state index >= 15 is 0 Å². The topological polar surface area (TPSA) is 72.2 Å². The SMILES string of the molecule is Cc1nc2ccc(-c3ccccc3Cl)nn2c1NC(=O)c1cscn1. The van der Waals surface area contributed by atoms with Crippen molar-refractivity contribution in [2.45, 2.75) is 6.92 Å². The van der Waals surface area contributed by atoms with Crippen LogP contribution in [0.3, 0.4) is 0 Å². The van der Waals surface area contributed by atoms with Crippen LogP contribution < -0.4 is 5.32 Å². The highest BCUT2D eigenvalue weighted by atomic mass is 35.5. The smallest absolute Gasteiger partial charge is 0.276 e. The molecule has 0 saturated carbocycles. The summed E-state index contributed by atoms with van der Waals surface area (Å²) >= 11 is 7.63. The summed E-state index contributed by atoms with van der Waals surface area (Å²) in [5.74, 6) is 0.220. The second kappa shape index (κ2) is 6.27. The Labute approximate surface area is 152 Å². The number of anilines is 1. The number of aromatic nitrogens is 4. The van der Waals surface area contributed by atoms with E-state index in [2.05, 4.69) is 20.4 Å². The Balaban J connectivity index is 1.79. The lowest BCUT2D eigenvalue weighted by molar-refractivity contribution is 0.102. The molecule has 1 amide bonds. The van der Waals surface area contributed by atoms with Crippen LogP contribution >= 0.6 is 22.9 Å². The van der Waals surface area contributed by atoms with E-state index in [1.165, 1.54) is 11.3 Å². The number of nitrogens with one attached hydrogen (secondary N) is 1. The predicted octanol–water partition coefficient (Wildman–Crippen LogP) is 4.07. The molecule has 4 rings (SSSR count). The Morgan fingerprint density at radius 3 is 2.84 bits per heavy atom. The summed E-state index contributed by atoms with van der Waals surface area (Å²) in [4.78, 5) is 20.8. The van der Waals surface area contributed by atoms with E-state index in [4.69, 9.17) is 11.6 Å². The molecule has 0 aliphatic heterocycles. The first-order valence-corrected chi connectivity index (χ1v) is 8.76. The minimum Gasteiger partial charge on any atom is -0.304 e. The molecule has 4 aromatic rings. The highest BCUT2D eigenvalue weighted by Gasteiger charge is 2.16. The number of nitrogens with zero attached hydrogens (tertiary/aromatic N) is 4. The van der Waals surface area contributed by atoms with Crippen molar-refractivity contribution < 1.29 is 4.79 Å². The van der Waals surface area contributed by atoms with Gasteiger partial charge in [-0.05, 0) is 25.1 Å². The fourth-order valence-corrected chi connectivity index (χ4v) is 3.26. The maximum Gasteiger partial charge on any atom is 0.276 e. The fraction of sp³-hybridized carbons (Fsp3) is 0.0588. The number of hydrogen-bond acceptors (Lipinski definition) is 5. The maximum absolute atomic E-state index is 12.3. The average Bonchev–Trinajstić information content (AvgIpc) is 3.24. The molecule has 1 aromatic carbocycles. The van der Waals surface area contributed by atoms with Crippen LogP contribution in [0.2, 0.25) is 5.02 Å². The molecule has 8 heteroatoms. The van der Waals surface area contributed by atoms with Crippen molar-refractivity contribution in [3.05, 3.63) is 63.7 Å². The van der Waals surface area contributed by atoms with Gasteiger partial charge in [0.1, 0.15) is 5.69 Å². The Kier molecular flexibility index (Phi) is 3.95. The lowest BCUT2D eigenvalue weighted by atomic mass is 10.1. The second-order valence-corrected chi connectivity index (χ2v) is 6.47. The predicted molar refractivity (Wildman–Crippen MR) is 98.2 cm³/mol. The molecule has 0 fully saturated rings. The van der Waals surface area contributed by atoms with Gasteiger partial charge in [0.2, 0.25) is 0 Å². The van der Waals surface area contributed by atoms with Gasteiger partial charge in [0.15, 0.2) is 11.5 Å². The van der Waals surface area contributed by atoms with Crippen molar-refractivity contribution in [2.75, 3.05) is 5.32 Å². The van der Waals surface area contributed by atoms with Gasteiger partial charge < -0.3 is 5.32 Å². The number of halogens is 1. The van der Waals surface area contributed by atoms with Gasteiger partial charge in [-0.2, -0.15) is 9.61 Å². The van der Waals surface area contributed by atoms with Gasteiger partial charge in [-0.1, -0.05) is 29.8 Å². The monoisotopic (exact) mass is 369 g/mol. The van der Waals surface area contributed by atoms with Crippen LogP contribution in [0, 0.1) is 6.92 Å². The van der Waals surface area contributed by atoms with E-state index in [0.29, 0.717) is 33.6 Å². The minimum atomic E-state index is -0.295. The van der Waals surface area contributed by atoms with Gasteiger partial charge in [0.25, 0.3) is 5.91 Å². The van der Waals surface area contributed by atoms with Crippen molar-refractivity contribution in [2.24, 2.45) is 0 Å². The summed E-state index contributed by atoms with van der Waals surface area (Å²) in [6.45, 7) is 1.82. The standard InChI is InChI=1S/C17H12ClN5OS/c1-10-16(21-17(24)14-8-25-9-19-14)23-15(20-10)7-6-13(22-23)11-4-2-3-5-12(11)18/h2-9H,1H3,(H,21,24). The Morgan fingerprint density at radius 2 is 2.08 bits per heavy atom. The van der Waals surface area contributed by atoms with Crippen LogP contribution in [-0.2, 0) is 0 Å². The summed E-state index contributed by atoms with van der Waals surface area (Å²) in [6, 6.07) is 11.2. The summed E-state index contributed by atoms with van der Waals surface area (Å²) in [5, 5.41) is 9.74. The van der Waals surface area contributed by atoms with Crippen molar-refractivity contribution in [1.82, 2.24) is 19.6 Å². The molecule has 1 N–H and O–H groups in total. The molecule has 0 aliphatic rings. The number of carbonyl (C=O) groups is 1. The second-order valence-electron chi connectivity index (χ2n) is 5.34. The molecule has 6 nitrogen and oxygen atoms in total. The molecule has 0 saturated heterocycles. The normalized spacial score (nSPS) is 11.0. The minimum absolute atomic E-state index is 0.295. The van der Waals surface area contributed by atoms with E-state index in [9.17, 15) is 4.79 Å². The zero-order valence-electron chi connectivity index (χ0n) is 13.1. The first-order valence-electron chi connectivity index (χ1n) is 7.44. The highest BCUT2D eigenvalue weighted by Crippen LogP contribution is 2.27. The Morgan fingerprint density at radius 1 is 1.24 bits per heavy atom. The van der Waals surface area contributed by atoms with Crippen LogP contribution in [0.15, 0.2) is 47.3 Å². The molecule has 3 heterocycles. The summed E-state index contributed by atoms with van der Waals surface area (Å²) in [6.07, 6.45) is 0. The third-order valence-electron chi connectivity index (χ3n) is 3.70. The first-order chi connectivity index (χ1) is 12.1. The van der Waals surface area contributed by atoms with E-state index in [0.717, 1.165) is 5.56 Å². The quantitative estimate of drug-likeness (QED) is 0.591. The third-order valence-corrected chi connectivity index (χ3v) is 4.61. The van der Waals surface area contributed by atoms with E-state index in [1.54, 1.807) is 15.4 Å². The number of thiazole rings is 1. The van der Waals surface area contributed by atoms with Gasteiger partial charge in [-0.25, -0.2) is 9.97 Å². The molecular weight excluding hydrogens is 358 g/mol. The zero-order valence-corrected chi connectivity index (χ0v) is 14.7. The van der Waals surface area contributed by atoms with Crippen LogP contribution in [0.25, 0.3) is 16.9 Å². The average molecular weight is 370 g/mol. The lowest BCUT2D eigenvalue weighted by Crippen LogP contribution is -2.15. The molecule has 3 aromatic heterocycles. The van der Waals surface area contributed by atoms with Crippen molar-refractivity contribution >= 4 is 40.3 Å². The van der Waals surface area contributed by atoms with E-state index < -0.39 is 0 Å². The Hall–Kier alpha value is -2.77. The van der Waals surface area contributed by atoms with E-state index in [-0.39, 0.29) is 5.91 Å². The number of fused-ring (bicyclic) bond motifs is 1. The van der Waals surface area contributed by atoms with Crippen LogP contribution in [0.5, 0.6) is 0 Å². The van der Waals surface area contributed by atoms with Gasteiger partial charge in [-0.3, -0.25) is 4.79 Å². The molecule has 124 valence electrons. The molecule has 0 bridgehead atoms. The van der Waals surface area contributed by atoms with Crippen LogP contribution in [0.1, 0.15) is 16.2 Å². The molecule has 0 atom stereocenters. The molecule has 25 heavy (non-hydrogen) atoms. The van der Waals surface area contributed by atoms with Gasteiger partial charge in [-0.15, -0.1) is 11.3 Å². The number of imidazole rings is 1. The number of amides is 1. The van der Waals surface area contributed by atoms with Gasteiger partial charge in [0.05, 0.1) is 21.9 Å². The van der Waals surface area contributed by atoms with Gasteiger partial charge >= 0.3 is 0 Å². The van der Waals surface area contributed by atoms with E-state index in [1.807, 2.05) is 43.3 Å². The van der Waals surface area contributed by atoms with Crippen molar-refractivity contribution in [3.8, 4) is 11.3 Å². The first kappa shape index (κ1) is 15.7. The summed E-state index contributed by atoms with van der Waals surface area (Å²) < 4.78 is 1.61. The fourth-order valence-electron chi connectivity index (χ4n) is 2.50. The number of hydrogen-bond donors (Lipinski definition) is 1.